The van der Waals surface area contributed by atoms with Gasteiger partial charge in [-0.3, -0.25) is 9.78 Å². The first-order valence-electron chi connectivity index (χ1n) is 7.32. The van der Waals surface area contributed by atoms with Crippen LogP contribution in [0.2, 0.25) is 0 Å². The maximum Gasteiger partial charge on any atom is 0.326 e. The minimum absolute atomic E-state index is 0.121. The lowest BCUT2D eigenvalue weighted by Gasteiger charge is -2.16. The van der Waals surface area contributed by atoms with E-state index in [1.165, 1.54) is 0 Å². The molecule has 0 aliphatic rings. The van der Waals surface area contributed by atoms with E-state index in [1.54, 1.807) is 6.20 Å². The van der Waals surface area contributed by atoms with Gasteiger partial charge in [0.25, 0.3) is 0 Å². The molecule has 5 heteroatoms. The molecule has 2 N–H and O–H groups in total. The number of carboxylic acid groups (broad SMARTS) is 1. The minimum Gasteiger partial charge on any atom is -0.480 e. The molecular weight excluding hydrogens is 280 g/mol. The van der Waals surface area contributed by atoms with E-state index in [4.69, 9.17) is 0 Å². The first-order valence-corrected chi connectivity index (χ1v) is 7.32. The van der Waals surface area contributed by atoms with Crippen molar-refractivity contribution in [3.63, 3.8) is 0 Å². The summed E-state index contributed by atoms with van der Waals surface area (Å²) in [6, 6.07) is 8.57. The Labute approximate surface area is 129 Å². The zero-order chi connectivity index (χ0) is 16.1. The van der Waals surface area contributed by atoms with Crippen LogP contribution in [0.3, 0.4) is 0 Å². The molecular formula is C17H20N2O3. The Morgan fingerprint density at radius 1 is 1.23 bits per heavy atom. The molecule has 2 rings (SSSR count). The van der Waals surface area contributed by atoms with Gasteiger partial charge in [-0.2, -0.15) is 0 Å². The van der Waals surface area contributed by atoms with Crippen LogP contribution in [0.1, 0.15) is 25.8 Å². The molecule has 0 spiro atoms. The fraction of sp³-hybridized carbons (Fsp3) is 0.353. The number of hydrogen-bond donors (Lipinski definition) is 2. The number of benzene rings is 1. The van der Waals surface area contributed by atoms with Gasteiger partial charge in [0, 0.05) is 11.6 Å². The third-order valence-electron chi connectivity index (χ3n) is 3.41. The third kappa shape index (κ3) is 4.04. The normalized spacial score (nSPS) is 12.3. The van der Waals surface area contributed by atoms with E-state index < -0.39 is 12.0 Å². The summed E-state index contributed by atoms with van der Waals surface area (Å²) in [7, 11) is 0. The third-order valence-corrected chi connectivity index (χ3v) is 3.41. The highest BCUT2D eigenvalue weighted by atomic mass is 16.4. The summed E-state index contributed by atoms with van der Waals surface area (Å²) < 4.78 is 0. The number of nitrogens with zero attached hydrogens (tertiary/aromatic N) is 1. The van der Waals surface area contributed by atoms with E-state index in [0.717, 1.165) is 16.5 Å². The second-order valence-corrected chi connectivity index (χ2v) is 5.76. The van der Waals surface area contributed by atoms with Crippen LogP contribution in [-0.2, 0) is 16.0 Å². The van der Waals surface area contributed by atoms with Gasteiger partial charge in [-0.05, 0) is 24.0 Å². The van der Waals surface area contributed by atoms with Crippen LogP contribution in [0, 0.1) is 5.92 Å². The number of rotatable bonds is 6. The minimum atomic E-state index is -1.00. The standard InChI is InChI=1S/C17H20N2O3/c1-11(2)9-14(17(21)22)19-15(20)10-13-6-3-5-12-7-4-8-18-16(12)13/h3-8,11,14H,9-10H2,1-2H3,(H,19,20)(H,21,22). The van der Waals surface area contributed by atoms with Crippen molar-refractivity contribution in [3.8, 4) is 0 Å². The molecule has 1 aromatic heterocycles. The molecule has 2 aromatic rings. The van der Waals surface area contributed by atoms with Crippen LogP contribution in [-0.4, -0.2) is 28.0 Å². The molecule has 1 aromatic carbocycles. The number of fused-ring (bicyclic) bond motifs is 1. The Bertz CT molecular complexity index is 677. The lowest BCUT2D eigenvalue weighted by Crippen LogP contribution is -2.42. The zero-order valence-corrected chi connectivity index (χ0v) is 12.7. The van der Waals surface area contributed by atoms with Gasteiger partial charge in [-0.25, -0.2) is 4.79 Å². The average Bonchev–Trinajstić information content (AvgIpc) is 2.46. The number of aliphatic carboxylic acids is 1. The Morgan fingerprint density at radius 3 is 2.64 bits per heavy atom. The molecule has 0 saturated carbocycles. The van der Waals surface area contributed by atoms with E-state index in [-0.39, 0.29) is 18.2 Å². The van der Waals surface area contributed by atoms with Crippen LogP contribution < -0.4 is 5.32 Å². The first kappa shape index (κ1) is 15.9. The highest BCUT2D eigenvalue weighted by Gasteiger charge is 2.21. The molecule has 1 amide bonds. The second-order valence-electron chi connectivity index (χ2n) is 5.76. The van der Waals surface area contributed by atoms with Gasteiger partial charge >= 0.3 is 5.97 Å². The van der Waals surface area contributed by atoms with Gasteiger partial charge in [0.2, 0.25) is 5.91 Å². The summed E-state index contributed by atoms with van der Waals surface area (Å²) in [5, 5.41) is 12.7. The van der Waals surface area contributed by atoms with E-state index in [2.05, 4.69) is 10.3 Å². The lowest BCUT2D eigenvalue weighted by atomic mass is 10.0. The van der Waals surface area contributed by atoms with Crippen molar-refractivity contribution >= 4 is 22.8 Å². The fourth-order valence-electron chi connectivity index (χ4n) is 2.42. The summed E-state index contributed by atoms with van der Waals surface area (Å²) in [4.78, 5) is 27.7. The van der Waals surface area contributed by atoms with Gasteiger partial charge in [-0.1, -0.05) is 38.1 Å². The highest BCUT2D eigenvalue weighted by molar-refractivity contribution is 5.89. The van der Waals surface area contributed by atoms with E-state index in [9.17, 15) is 14.7 Å². The van der Waals surface area contributed by atoms with Crippen molar-refractivity contribution in [1.29, 1.82) is 0 Å². The van der Waals surface area contributed by atoms with Crippen LogP contribution in [0.4, 0.5) is 0 Å². The molecule has 0 saturated heterocycles. The Balaban J connectivity index is 2.12. The molecule has 5 nitrogen and oxygen atoms in total. The average molecular weight is 300 g/mol. The van der Waals surface area contributed by atoms with Crippen molar-refractivity contribution < 1.29 is 14.7 Å². The summed E-state index contributed by atoms with van der Waals surface area (Å²) in [6.07, 6.45) is 2.22. The predicted octanol–water partition coefficient (Wildman–Crippen LogP) is 2.39. The summed E-state index contributed by atoms with van der Waals surface area (Å²) in [5.41, 5.74) is 1.57. The molecule has 0 bridgehead atoms. The fourth-order valence-corrected chi connectivity index (χ4v) is 2.42. The summed E-state index contributed by atoms with van der Waals surface area (Å²) in [6.45, 7) is 3.85. The number of hydrogen-bond acceptors (Lipinski definition) is 3. The van der Waals surface area contributed by atoms with E-state index in [0.29, 0.717) is 6.42 Å². The number of pyridine rings is 1. The predicted molar refractivity (Wildman–Crippen MR) is 84.5 cm³/mol. The number of carboxylic acids is 1. The Kier molecular flexibility index (Phi) is 5.09. The second kappa shape index (κ2) is 7.02. The zero-order valence-electron chi connectivity index (χ0n) is 12.7. The van der Waals surface area contributed by atoms with Crippen molar-refractivity contribution in [2.75, 3.05) is 0 Å². The topological polar surface area (TPSA) is 79.3 Å². The molecule has 0 aliphatic carbocycles. The molecule has 1 heterocycles. The number of para-hydroxylation sites is 1. The molecule has 22 heavy (non-hydrogen) atoms. The molecule has 116 valence electrons. The number of nitrogens with one attached hydrogen (secondary N) is 1. The first-order chi connectivity index (χ1) is 10.5. The van der Waals surface area contributed by atoms with Crippen molar-refractivity contribution in [1.82, 2.24) is 10.3 Å². The maximum atomic E-state index is 12.2. The van der Waals surface area contributed by atoms with Crippen LogP contribution in [0.15, 0.2) is 36.5 Å². The Morgan fingerprint density at radius 2 is 1.95 bits per heavy atom. The van der Waals surface area contributed by atoms with Gasteiger partial charge in [0.15, 0.2) is 0 Å². The Hall–Kier alpha value is -2.43. The van der Waals surface area contributed by atoms with Crippen LogP contribution >= 0.6 is 0 Å². The molecule has 1 unspecified atom stereocenters. The van der Waals surface area contributed by atoms with Crippen molar-refractivity contribution in [2.45, 2.75) is 32.7 Å². The molecule has 0 fully saturated rings. The van der Waals surface area contributed by atoms with E-state index in [1.807, 2.05) is 44.2 Å². The number of amides is 1. The summed E-state index contributed by atoms with van der Waals surface area (Å²) in [5.74, 6) is -1.11. The largest absolute Gasteiger partial charge is 0.480 e. The van der Waals surface area contributed by atoms with Gasteiger partial charge in [0.1, 0.15) is 6.04 Å². The monoisotopic (exact) mass is 300 g/mol. The van der Waals surface area contributed by atoms with Crippen LogP contribution in [0.5, 0.6) is 0 Å². The number of carbonyl (C=O) groups excluding carboxylic acids is 1. The van der Waals surface area contributed by atoms with Gasteiger partial charge in [0.05, 0.1) is 11.9 Å². The van der Waals surface area contributed by atoms with Gasteiger partial charge < -0.3 is 10.4 Å². The number of aromatic nitrogens is 1. The molecule has 0 radical (unpaired) electrons. The summed E-state index contributed by atoms with van der Waals surface area (Å²) >= 11 is 0. The van der Waals surface area contributed by atoms with Crippen LogP contribution in [0.25, 0.3) is 10.9 Å². The van der Waals surface area contributed by atoms with Crippen molar-refractivity contribution in [3.05, 3.63) is 42.1 Å². The SMILES string of the molecule is CC(C)CC(NC(=O)Cc1cccc2cccnc12)C(=O)O. The molecule has 0 aliphatic heterocycles. The van der Waals surface area contributed by atoms with Crippen molar-refractivity contribution in [2.24, 2.45) is 5.92 Å². The highest BCUT2D eigenvalue weighted by Crippen LogP contribution is 2.16. The quantitative estimate of drug-likeness (QED) is 0.858. The molecule has 1 atom stereocenters. The van der Waals surface area contributed by atoms with Gasteiger partial charge in [-0.15, -0.1) is 0 Å². The lowest BCUT2D eigenvalue weighted by molar-refractivity contribution is -0.142. The number of carbonyl (C=O) groups is 2. The maximum absolute atomic E-state index is 12.2. The smallest absolute Gasteiger partial charge is 0.326 e. The van der Waals surface area contributed by atoms with E-state index >= 15 is 0 Å².